The van der Waals surface area contributed by atoms with Gasteiger partial charge in [-0.05, 0) is 44.7 Å². The molecule has 25 heavy (non-hydrogen) atoms. The first-order chi connectivity index (χ1) is 11.9. The van der Waals surface area contributed by atoms with Gasteiger partial charge >= 0.3 is 5.97 Å². The van der Waals surface area contributed by atoms with E-state index in [-0.39, 0.29) is 30.6 Å². The van der Waals surface area contributed by atoms with Crippen molar-refractivity contribution in [3.8, 4) is 0 Å². The molecule has 0 unspecified atom stereocenters. The number of carbonyl (C=O) groups is 3. The average Bonchev–Trinajstić information content (AvgIpc) is 3.01. The fraction of sp³-hybridized carbons (Fsp3) is 0.632. The Morgan fingerprint density at radius 2 is 1.96 bits per heavy atom. The molecule has 1 saturated carbocycles. The molecule has 1 N–H and O–H groups in total. The van der Waals surface area contributed by atoms with E-state index in [0.717, 1.165) is 24.1 Å². The van der Waals surface area contributed by atoms with Crippen molar-refractivity contribution in [2.45, 2.75) is 71.4 Å². The van der Waals surface area contributed by atoms with E-state index in [9.17, 15) is 14.4 Å². The maximum Gasteiger partial charge on any atom is 0.307 e. The summed E-state index contributed by atoms with van der Waals surface area (Å²) in [5.41, 5.74) is 0. The number of amides is 1. The predicted molar refractivity (Wildman–Crippen MR) is 97.7 cm³/mol. The van der Waals surface area contributed by atoms with Crippen LogP contribution in [-0.4, -0.2) is 29.8 Å². The number of carbonyl (C=O) groups excluding carboxylic acids is 3. The Bertz CT molecular complexity index is 625. The number of nitrogens with one attached hydrogen (secondary N) is 1. The maximum atomic E-state index is 12.2. The summed E-state index contributed by atoms with van der Waals surface area (Å²) in [7, 11) is 0. The van der Waals surface area contributed by atoms with Crippen LogP contribution in [0.1, 0.15) is 66.9 Å². The van der Waals surface area contributed by atoms with E-state index in [2.05, 4.69) is 12.2 Å². The Balaban J connectivity index is 1.73. The molecule has 0 aromatic carbocycles. The summed E-state index contributed by atoms with van der Waals surface area (Å²) in [4.78, 5) is 37.8. The fourth-order valence-corrected chi connectivity index (χ4v) is 3.90. The number of thiophene rings is 1. The van der Waals surface area contributed by atoms with E-state index in [1.807, 2.05) is 13.0 Å². The minimum atomic E-state index is -0.833. The van der Waals surface area contributed by atoms with Gasteiger partial charge in [-0.3, -0.25) is 14.4 Å². The summed E-state index contributed by atoms with van der Waals surface area (Å²) in [5, 5.41) is 2.99. The number of Topliss-reactive ketones (excluding diaryl/α,β-unsaturated/α-hetero) is 1. The van der Waals surface area contributed by atoms with Crippen molar-refractivity contribution in [1.82, 2.24) is 5.32 Å². The van der Waals surface area contributed by atoms with Gasteiger partial charge in [0.2, 0.25) is 0 Å². The molecule has 3 atom stereocenters. The Morgan fingerprint density at radius 3 is 2.60 bits per heavy atom. The molecule has 5 nitrogen and oxygen atoms in total. The zero-order valence-electron chi connectivity index (χ0n) is 15.2. The number of ketones is 1. The van der Waals surface area contributed by atoms with Crippen LogP contribution in [0.2, 0.25) is 0 Å². The lowest BCUT2D eigenvalue weighted by atomic mass is 9.86. The molecule has 1 aromatic rings. The van der Waals surface area contributed by atoms with E-state index in [0.29, 0.717) is 10.8 Å². The topological polar surface area (TPSA) is 72.5 Å². The molecular formula is C19H27NO4S. The molecule has 2 rings (SSSR count). The molecule has 0 aliphatic heterocycles. The van der Waals surface area contributed by atoms with Crippen LogP contribution in [0.25, 0.3) is 0 Å². The third-order valence-corrected chi connectivity index (χ3v) is 5.73. The van der Waals surface area contributed by atoms with E-state index < -0.39 is 12.1 Å². The van der Waals surface area contributed by atoms with Crippen molar-refractivity contribution in [1.29, 1.82) is 0 Å². The molecule has 1 heterocycles. The Kier molecular flexibility index (Phi) is 7.17. The molecule has 0 radical (unpaired) electrons. The quantitative estimate of drug-likeness (QED) is 0.591. The molecule has 1 aliphatic carbocycles. The molecule has 1 aliphatic rings. The van der Waals surface area contributed by atoms with Gasteiger partial charge in [-0.2, -0.15) is 0 Å². The number of aryl methyl sites for hydroxylation is 1. The predicted octanol–water partition coefficient (Wildman–Crippen LogP) is 3.65. The fourth-order valence-electron chi connectivity index (χ4n) is 3.06. The second-order valence-electron chi connectivity index (χ2n) is 6.84. The smallest absolute Gasteiger partial charge is 0.307 e. The maximum absolute atomic E-state index is 12.2. The Hall–Kier alpha value is -1.69. The third kappa shape index (κ3) is 5.96. The highest BCUT2D eigenvalue weighted by Gasteiger charge is 2.26. The van der Waals surface area contributed by atoms with Crippen LogP contribution in [0.3, 0.4) is 0 Å². The summed E-state index contributed by atoms with van der Waals surface area (Å²) < 4.78 is 5.18. The van der Waals surface area contributed by atoms with Gasteiger partial charge in [0.1, 0.15) is 0 Å². The molecule has 0 spiro atoms. The van der Waals surface area contributed by atoms with Crippen LogP contribution in [-0.2, 0) is 14.3 Å². The number of hydrogen-bond donors (Lipinski definition) is 1. The van der Waals surface area contributed by atoms with Crippen molar-refractivity contribution in [3.63, 3.8) is 0 Å². The first-order valence-electron chi connectivity index (χ1n) is 8.96. The summed E-state index contributed by atoms with van der Waals surface area (Å²) in [6.45, 7) is 5.65. The third-order valence-electron chi connectivity index (χ3n) is 4.69. The second-order valence-corrected chi connectivity index (χ2v) is 8.13. The summed E-state index contributed by atoms with van der Waals surface area (Å²) in [5.74, 6) is -0.385. The van der Waals surface area contributed by atoms with Gasteiger partial charge < -0.3 is 10.1 Å². The van der Waals surface area contributed by atoms with Crippen LogP contribution >= 0.6 is 11.3 Å². The summed E-state index contributed by atoms with van der Waals surface area (Å²) in [6.07, 6.45) is 3.68. The van der Waals surface area contributed by atoms with Crippen LogP contribution in [0, 0.1) is 12.8 Å². The standard InChI is InChI=1S/C19H27NO4S/c1-12-6-4-5-7-15(12)20-19(23)14(3)24-18(22)11-9-16(21)17-10-8-13(2)25-17/h8,10,12,14-15H,4-7,9,11H2,1-3H3,(H,20,23)/t12-,14+,15-/m0/s1. The van der Waals surface area contributed by atoms with Gasteiger partial charge in [-0.25, -0.2) is 0 Å². The van der Waals surface area contributed by atoms with E-state index >= 15 is 0 Å². The van der Waals surface area contributed by atoms with Crippen molar-refractivity contribution >= 4 is 29.0 Å². The number of ether oxygens (including phenoxy) is 1. The first-order valence-corrected chi connectivity index (χ1v) is 9.78. The second kappa shape index (κ2) is 9.13. The molecule has 0 saturated heterocycles. The van der Waals surface area contributed by atoms with Crippen LogP contribution in [0.4, 0.5) is 0 Å². The Morgan fingerprint density at radius 1 is 1.24 bits per heavy atom. The van der Waals surface area contributed by atoms with Crippen LogP contribution in [0.15, 0.2) is 12.1 Å². The minimum Gasteiger partial charge on any atom is -0.453 e. The minimum absolute atomic E-state index is 0.00671. The van der Waals surface area contributed by atoms with Crippen molar-refractivity contribution in [2.75, 3.05) is 0 Å². The lowest BCUT2D eigenvalue weighted by molar-refractivity contribution is -0.155. The van der Waals surface area contributed by atoms with Gasteiger partial charge in [-0.15, -0.1) is 11.3 Å². The van der Waals surface area contributed by atoms with Crippen LogP contribution in [0.5, 0.6) is 0 Å². The molecular weight excluding hydrogens is 338 g/mol. The SMILES string of the molecule is Cc1ccc(C(=O)CCC(=O)O[C@H](C)C(=O)N[C@H]2CCCC[C@@H]2C)s1. The van der Waals surface area contributed by atoms with E-state index in [4.69, 9.17) is 4.74 Å². The van der Waals surface area contributed by atoms with Gasteiger partial charge in [-0.1, -0.05) is 19.8 Å². The zero-order valence-corrected chi connectivity index (χ0v) is 16.0. The Labute approximate surface area is 153 Å². The molecule has 6 heteroatoms. The van der Waals surface area contributed by atoms with Gasteiger partial charge in [0, 0.05) is 17.3 Å². The van der Waals surface area contributed by atoms with Crippen LogP contribution < -0.4 is 5.32 Å². The molecule has 1 aromatic heterocycles. The molecule has 0 bridgehead atoms. The number of esters is 1. The normalized spacial score (nSPS) is 21.4. The summed E-state index contributed by atoms with van der Waals surface area (Å²) >= 11 is 1.42. The molecule has 1 amide bonds. The van der Waals surface area contributed by atoms with E-state index in [1.165, 1.54) is 17.8 Å². The highest BCUT2D eigenvalue weighted by atomic mass is 32.1. The molecule has 1 fully saturated rings. The highest BCUT2D eigenvalue weighted by Crippen LogP contribution is 2.24. The monoisotopic (exact) mass is 365 g/mol. The van der Waals surface area contributed by atoms with Crippen molar-refractivity contribution in [3.05, 3.63) is 21.9 Å². The van der Waals surface area contributed by atoms with Gasteiger partial charge in [0.05, 0.1) is 11.3 Å². The zero-order chi connectivity index (χ0) is 18.4. The van der Waals surface area contributed by atoms with E-state index in [1.54, 1.807) is 13.0 Å². The highest BCUT2D eigenvalue weighted by molar-refractivity contribution is 7.14. The number of hydrogen-bond acceptors (Lipinski definition) is 5. The molecule has 138 valence electrons. The average molecular weight is 365 g/mol. The van der Waals surface area contributed by atoms with Gasteiger partial charge in [0.25, 0.3) is 5.91 Å². The number of rotatable bonds is 7. The van der Waals surface area contributed by atoms with Crippen molar-refractivity contribution < 1.29 is 19.1 Å². The van der Waals surface area contributed by atoms with Gasteiger partial charge in [0.15, 0.2) is 11.9 Å². The first kappa shape index (κ1) is 19.6. The lowest BCUT2D eigenvalue weighted by Gasteiger charge is -2.30. The van der Waals surface area contributed by atoms with Crippen molar-refractivity contribution in [2.24, 2.45) is 5.92 Å². The summed E-state index contributed by atoms with van der Waals surface area (Å²) in [6, 6.07) is 3.82. The lowest BCUT2D eigenvalue weighted by Crippen LogP contribution is -2.46. The largest absolute Gasteiger partial charge is 0.453 e.